The minimum atomic E-state index is -0.272. The summed E-state index contributed by atoms with van der Waals surface area (Å²) in [5.74, 6) is 0.610. The molecular weight excluding hydrogens is 492 g/mol. The summed E-state index contributed by atoms with van der Waals surface area (Å²) in [6, 6.07) is 23.6. The van der Waals surface area contributed by atoms with Crippen LogP contribution in [0.3, 0.4) is 0 Å². The first kappa shape index (κ1) is 24.2. The molecule has 2 heterocycles. The third-order valence-corrected chi connectivity index (χ3v) is 7.42. The van der Waals surface area contributed by atoms with Gasteiger partial charge in [-0.25, -0.2) is 4.99 Å². The number of nitrogens with zero attached hydrogens (tertiary/aromatic N) is 2. The van der Waals surface area contributed by atoms with E-state index in [-0.39, 0.29) is 17.9 Å². The Labute approximate surface area is 219 Å². The van der Waals surface area contributed by atoms with Crippen LogP contribution in [0.4, 0.5) is 11.4 Å². The number of amides is 2. The average molecular weight is 517 g/mol. The van der Waals surface area contributed by atoms with E-state index in [0.717, 1.165) is 35.1 Å². The van der Waals surface area contributed by atoms with Crippen molar-refractivity contribution < 1.29 is 9.59 Å². The van der Waals surface area contributed by atoms with E-state index in [9.17, 15) is 9.59 Å². The number of halogens is 1. The van der Waals surface area contributed by atoms with Crippen molar-refractivity contribution in [1.29, 1.82) is 0 Å². The molecule has 8 heteroatoms. The fourth-order valence-corrected chi connectivity index (χ4v) is 5.62. The number of fused-ring (bicyclic) bond motifs is 1. The number of thioether (sulfide) groups is 1. The van der Waals surface area contributed by atoms with Gasteiger partial charge in [0, 0.05) is 34.3 Å². The quantitative estimate of drug-likeness (QED) is 0.414. The van der Waals surface area contributed by atoms with Gasteiger partial charge >= 0.3 is 0 Å². The highest BCUT2D eigenvalue weighted by molar-refractivity contribution is 8.13. The van der Waals surface area contributed by atoms with E-state index in [0.29, 0.717) is 27.5 Å². The number of amidine groups is 1. The Morgan fingerprint density at radius 1 is 0.944 bits per heavy atom. The molecule has 1 fully saturated rings. The fraction of sp³-hybridized carbons (Fsp3) is 0.179. The van der Waals surface area contributed by atoms with Gasteiger partial charge in [-0.1, -0.05) is 59.8 Å². The van der Waals surface area contributed by atoms with Crippen LogP contribution in [0.1, 0.15) is 35.3 Å². The van der Waals surface area contributed by atoms with Gasteiger partial charge in [-0.05, 0) is 61.4 Å². The number of nitrogens with one attached hydrogen (secondary N) is 2. The second-order valence-electron chi connectivity index (χ2n) is 8.60. The first-order chi connectivity index (χ1) is 17.5. The van der Waals surface area contributed by atoms with Gasteiger partial charge in [-0.3, -0.25) is 9.59 Å². The van der Waals surface area contributed by atoms with Gasteiger partial charge in [-0.15, -0.1) is 0 Å². The molecule has 182 valence electrons. The van der Waals surface area contributed by atoms with Crippen LogP contribution in [0.2, 0.25) is 5.02 Å². The van der Waals surface area contributed by atoms with Gasteiger partial charge in [0.2, 0.25) is 0 Å². The standard InChI is InChI=1S/C28H25ClN4O2S/c1-18-24(27(35)32-22-9-3-2-4-10-22)25(33-15-6-16-36-28(33)30-18)19-11-13-23(14-12-19)31-26(34)20-7-5-8-21(29)17-20/h2-5,7-14,17,25H,6,15-16H2,1H3,(H,31,34)(H,32,35). The first-order valence-electron chi connectivity index (χ1n) is 11.7. The summed E-state index contributed by atoms with van der Waals surface area (Å²) in [6.07, 6.45) is 1.01. The second kappa shape index (κ2) is 10.6. The van der Waals surface area contributed by atoms with Crippen molar-refractivity contribution in [1.82, 2.24) is 4.90 Å². The molecular formula is C28H25ClN4O2S. The molecule has 1 unspecified atom stereocenters. The Morgan fingerprint density at radius 2 is 1.67 bits per heavy atom. The third kappa shape index (κ3) is 5.17. The average Bonchev–Trinajstić information content (AvgIpc) is 2.89. The number of carbonyl (C=O) groups excluding carboxylic acids is 2. The van der Waals surface area contributed by atoms with Crippen LogP contribution in [0.15, 0.2) is 95.1 Å². The topological polar surface area (TPSA) is 73.8 Å². The molecule has 3 aromatic carbocycles. The number of rotatable bonds is 5. The minimum absolute atomic E-state index is 0.166. The number of carbonyl (C=O) groups is 2. The number of hydrogen-bond donors (Lipinski definition) is 2. The van der Waals surface area contributed by atoms with E-state index in [4.69, 9.17) is 16.6 Å². The zero-order valence-electron chi connectivity index (χ0n) is 19.7. The normalized spacial score (nSPS) is 17.2. The lowest BCUT2D eigenvalue weighted by molar-refractivity contribution is -0.113. The highest BCUT2D eigenvalue weighted by Crippen LogP contribution is 2.40. The SMILES string of the molecule is CC1=C(C(=O)Nc2ccccc2)C(c2ccc(NC(=O)c3cccc(Cl)c3)cc2)N2CCCSC2=N1. The molecule has 1 saturated heterocycles. The van der Waals surface area contributed by atoms with Crippen LogP contribution in [0.25, 0.3) is 0 Å². The molecule has 0 aliphatic carbocycles. The van der Waals surface area contributed by atoms with Crippen molar-refractivity contribution in [2.75, 3.05) is 22.9 Å². The van der Waals surface area contributed by atoms with Gasteiger partial charge < -0.3 is 15.5 Å². The zero-order chi connectivity index (χ0) is 25.1. The zero-order valence-corrected chi connectivity index (χ0v) is 21.3. The van der Waals surface area contributed by atoms with Crippen molar-refractivity contribution in [3.63, 3.8) is 0 Å². The first-order valence-corrected chi connectivity index (χ1v) is 13.1. The highest BCUT2D eigenvalue weighted by Gasteiger charge is 2.37. The minimum Gasteiger partial charge on any atom is -0.340 e. The van der Waals surface area contributed by atoms with Crippen LogP contribution < -0.4 is 10.6 Å². The third-order valence-electron chi connectivity index (χ3n) is 6.11. The van der Waals surface area contributed by atoms with Crippen molar-refractivity contribution >= 4 is 51.7 Å². The maximum absolute atomic E-state index is 13.5. The van der Waals surface area contributed by atoms with Gasteiger partial charge in [0.1, 0.15) is 0 Å². The summed E-state index contributed by atoms with van der Waals surface area (Å²) >= 11 is 7.74. The Hall–Kier alpha value is -3.55. The summed E-state index contributed by atoms with van der Waals surface area (Å²) in [5.41, 5.74) is 4.20. The lowest BCUT2D eigenvalue weighted by atomic mass is 9.93. The number of para-hydroxylation sites is 1. The number of aliphatic imine (C=N–C) groups is 1. The number of anilines is 2. The van der Waals surface area contributed by atoms with E-state index < -0.39 is 0 Å². The fourth-order valence-electron chi connectivity index (χ4n) is 4.41. The Bertz CT molecular complexity index is 1360. The molecule has 0 saturated carbocycles. The van der Waals surface area contributed by atoms with E-state index in [1.54, 1.807) is 36.0 Å². The summed E-state index contributed by atoms with van der Waals surface area (Å²) < 4.78 is 0. The lowest BCUT2D eigenvalue weighted by Gasteiger charge is -2.40. The van der Waals surface area contributed by atoms with Crippen LogP contribution in [-0.4, -0.2) is 34.2 Å². The summed E-state index contributed by atoms with van der Waals surface area (Å²) in [4.78, 5) is 33.1. The van der Waals surface area contributed by atoms with Crippen molar-refractivity contribution in [2.45, 2.75) is 19.4 Å². The Morgan fingerprint density at radius 3 is 2.42 bits per heavy atom. The maximum atomic E-state index is 13.5. The monoisotopic (exact) mass is 516 g/mol. The predicted octanol–water partition coefficient (Wildman–Crippen LogP) is 6.35. The number of hydrogen-bond acceptors (Lipinski definition) is 5. The van der Waals surface area contributed by atoms with Gasteiger partial charge in [0.05, 0.1) is 17.3 Å². The van der Waals surface area contributed by atoms with Crippen LogP contribution in [-0.2, 0) is 4.79 Å². The molecule has 2 aliphatic heterocycles. The van der Waals surface area contributed by atoms with E-state index in [1.165, 1.54) is 0 Å². The molecule has 0 bridgehead atoms. The van der Waals surface area contributed by atoms with E-state index >= 15 is 0 Å². The lowest BCUT2D eigenvalue weighted by Crippen LogP contribution is -2.43. The van der Waals surface area contributed by atoms with Crippen molar-refractivity contribution in [2.24, 2.45) is 4.99 Å². The van der Waals surface area contributed by atoms with E-state index in [2.05, 4.69) is 15.5 Å². The van der Waals surface area contributed by atoms with Crippen LogP contribution in [0, 0.1) is 0 Å². The molecule has 2 aliphatic rings. The van der Waals surface area contributed by atoms with Crippen LogP contribution >= 0.6 is 23.4 Å². The molecule has 1 atom stereocenters. The molecule has 6 nitrogen and oxygen atoms in total. The molecule has 5 rings (SSSR count). The summed E-state index contributed by atoms with van der Waals surface area (Å²) in [5, 5.41) is 7.40. The second-order valence-corrected chi connectivity index (χ2v) is 10.1. The van der Waals surface area contributed by atoms with Gasteiger partial charge in [0.25, 0.3) is 11.8 Å². The van der Waals surface area contributed by atoms with E-state index in [1.807, 2.05) is 61.5 Å². The smallest absolute Gasteiger partial charge is 0.255 e. The summed E-state index contributed by atoms with van der Waals surface area (Å²) in [7, 11) is 0. The van der Waals surface area contributed by atoms with Crippen molar-refractivity contribution in [3.8, 4) is 0 Å². The molecule has 0 aromatic heterocycles. The molecule has 2 N–H and O–H groups in total. The summed E-state index contributed by atoms with van der Waals surface area (Å²) in [6.45, 7) is 2.71. The Balaban J connectivity index is 1.43. The number of allylic oxidation sites excluding steroid dienone is 1. The van der Waals surface area contributed by atoms with Crippen molar-refractivity contribution in [3.05, 3.63) is 106 Å². The molecule has 0 spiro atoms. The number of benzene rings is 3. The molecule has 36 heavy (non-hydrogen) atoms. The largest absolute Gasteiger partial charge is 0.340 e. The maximum Gasteiger partial charge on any atom is 0.255 e. The van der Waals surface area contributed by atoms with Crippen LogP contribution in [0.5, 0.6) is 0 Å². The molecule has 2 amide bonds. The Kier molecular flexibility index (Phi) is 7.11. The highest BCUT2D eigenvalue weighted by atomic mass is 35.5. The van der Waals surface area contributed by atoms with Gasteiger partial charge in [0.15, 0.2) is 5.17 Å². The predicted molar refractivity (Wildman–Crippen MR) is 148 cm³/mol. The molecule has 3 aromatic rings. The molecule has 0 radical (unpaired) electrons. The van der Waals surface area contributed by atoms with Gasteiger partial charge in [-0.2, -0.15) is 0 Å².